The van der Waals surface area contributed by atoms with Crippen LogP contribution in [0.2, 0.25) is 0 Å². The maximum Gasteiger partial charge on any atom is 0.310 e. The van der Waals surface area contributed by atoms with E-state index in [2.05, 4.69) is 17.0 Å². The summed E-state index contributed by atoms with van der Waals surface area (Å²) < 4.78 is 10.6. The van der Waals surface area contributed by atoms with Crippen molar-refractivity contribution in [3.8, 4) is 5.75 Å². The van der Waals surface area contributed by atoms with Crippen LogP contribution in [0.3, 0.4) is 0 Å². The second-order valence-electron chi connectivity index (χ2n) is 6.16. The molecule has 2 aromatic carbocycles. The molecule has 0 saturated carbocycles. The fourth-order valence-corrected chi connectivity index (χ4v) is 3.53. The number of hydrogen-bond acceptors (Lipinski definition) is 4. The summed E-state index contributed by atoms with van der Waals surface area (Å²) in [5, 5.41) is 0. The maximum atomic E-state index is 12.3. The third-order valence-corrected chi connectivity index (χ3v) is 4.69. The Morgan fingerprint density at radius 2 is 1.75 bits per heavy atom. The van der Waals surface area contributed by atoms with E-state index in [1.165, 1.54) is 12.7 Å². The van der Waals surface area contributed by atoms with E-state index < -0.39 is 0 Å². The standard InChI is InChI=1S/C20H23NO3/c1-23-19-11-7-6-10-16(19)17-13-21(14-18(17)20(22)24-2)12-15-8-4-3-5-9-15/h3-11,17-18H,12-14H2,1-2H3/t17-,18+/m1/s1. The molecule has 1 heterocycles. The minimum Gasteiger partial charge on any atom is -0.496 e. The SMILES string of the molecule is COC(=O)[C@H]1CN(Cc2ccccc2)C[C@@H]1c1ccccc1OC. The molecule has 0 aromatic heterocycles. The number of rotatable bonds is 5. The van der Waals surface area contributed by atoms with Crippen molar-refractivity contribution in [2.45, 2.75) is 12.5 Å². The van der Waals surface area contributed by atoms with Gasteiger partial charge in [-0.2, -0.15) is 0 Å². The van der Waals surface area contributed by atoms with E-state index >= 15 is 0 Å². The van der Waals surface area contributed by atoms with Gasteiger partial charge in [-0.05, 0) is 17.2 Å². The zero-order valence-electron chi connectivity index (χ0n) is 14.1. The lowest BCUT2D eigenvalue weighted by molar-refractivity contribution is -0.145. The summed E-state index contributed by atoms with van der Waals surface area (Å²) in [6.07, 6.45) is 0. The number of nitrogens with zero attached hydrogens (tertiary/aromatic N) is 1. The third kappa shape index (κ3) is 3.44. The fraction of sp³-hybridized carbons (Fsp3) is 0.350. The van der Waals surface area contributed by atoms with Gasteiger partial charge in [0.2, 0.25) is 0 Å². The van der Waals surface area contributed by atoms with Gasteiger partial charge < -0.3 is 9.47 Å². The molecule has 1 aliphatic heterocycles. The van der Waals surface area contributed by atoms with Crippen LogP contribution in [0.25, 0.3) is 0 Å². The zero-order valence-corrected chi connectivity index (χ0v) is 14.1. The van der Waals surface area contributed by atoms with Crippen LogP contribution >= 0.6 is 0 Å². The van der Waals surface area contributed by atoms with E-state index in [1.807, 2.05) is 42.5 Å². The van der Waals surface area contributed by atoms with Crippen LogP contribution in [-0.2, 0) is 16.1 Å². The molecule has 0 aliphatic carbocycles. The molecular formula is C20H23NO3. The second kappa shape index (κ2) is 7.49. The zero-order chi connectivity index (χ0) is 16.9. The van der Waals surface area contributed by atoms with Crippen LogP contribution in [-0.4, -0.2) is 38.2 Å². The van der Waals surface area contributed by atoms with Gasteiger partial charge in [0.25, 0.3) is 0 Å². The highest BCUT2D eigenvalue weighted by Gasteiger charge is 2.40. The highest BCUT2D eigenvalue weighted by Crippen LogP contribution is 2.38. The first kappa shape index (κ1) is 16.5. The summed E-state index contributed by atoms with van der Waals surface area (Å²) in [5.41, 5.74) is 2.33. The van der Waals surface area contributed by atoms with Crippen molar-refractivity contribution in [2.24, 2.45) is 5.92 Å². The first-order valence-electron chi connectivity index (χ1n) is 8.20. The van der Waals surface area contributed by atoms with Gasteiger partial charge in [-0.3, -0.25) is 9.69 Å². The Balaban J connectivity index is 1.84. The van der Waals surface area contributed by atoms with E-state index in [0.717, 1.165) is 24.4 Å². The summed E-state index contributed by atoms with van der Waals surface area (Å²) >= 11 is 0. The molecule has 0 radical (unpaired) electrons. The predicted octanol–water partition coefficient (Wildman–Crippen LogP) is 3.08. The number of likely N-dealkylation sites (tertiary alicyclic amines) is 1. The van der Waals surface area contributed by atoms with Crippen molar-refractivity contribution in [2.75, 3.05) is 27.3 Å². The lowest BCUT2D eigenvalue weighted by Crippen LogP contribution is -2.24. The van der Waals surface area contributed by atoms with Crippen LogP contribution < -0.4 is 4.74 Å². The lowest BCUT2D eigenvalue weighted by Gasteiger charge is -2.19. The highest BCUT2D eigenvalue weighted by atomic mass is 16.5. The van der Waals surface area contributed by atoms with E-state index in [-0.39, 0.29) is 17.8 Å². The minimum atomic E-state index is -0.171. The van der Waals surface area contributed by atoms with E-state index in [4.69, 9.17) is 9.47 Å². The normalized spacial score (nSPS) is 20.8. The molecule has 1 fully saturated rings. The van der Waals surface area contributed by atoms with Gasteiger partial charge in [-0.25, -0.2) is 0 Å². The molecule has 126 valence electrons. The van der Waals surface area contributed by atoms with Gasteiger partial charge in [-0.15, -0.1) is 0 Å². The Hall–Kier alpha value is -2.33. The van der Waals surface area contributed by atoms with Crippen molar-refractivity contribution in [1.29, 1.82) is 0 Å². The quantitative estimate of drug-likeness (QED) is 0.792. The summed E-state index contributed by atoms with van der Waals surface area (Å²) in [4.78, 5) is 14.6. The summed E-state index contributed by atoms with van der Waals surface area (Å²) in [5.74, 6) is 0.590. The summed E-state index contributed by atoms with van der Waals surface area (Å²) in [6.45, 7) is 2.35. The fourth-order valence-electron chi connectivity index (χ4n) is 3.53. The number of hydrogen-bond donors (Lipinski definition) is 0. The van der Waals surface area contributed by atoms with Crippen molar-refractivity contribution in [3.63, 3.8) is 0 Å². The summed E-state index contributed by atoms with van der Waals surface area (Å²) in [7, 11) is 3.13. The Morgan fingerprint density at radius 3 is 2.46 bits per heavy atom. The van der Waals surface area contributed by atoms with Gasteiger partial charge in [0.15, 0.2) is 0 Å². The number of esters is 1. The van der Waals surface area contributed by atoms with E-state index in [0.29, 0.717) is 6.54 Å². The summed E-state index contributed by atoms with van der Waals surface area (Å²) in [6, 6.07) is 18.3. The molecule has 1 saturated heterocycles. The topological polar surface area (TPSA) is 38.8 Å². The molecular weight excluding hydrogens is 302 g/mol. The molecule has 2 atom stereocenters. The first-order chi connectivity index (χ1) is 11.7. The molecule has 0 amide bonds. The van der Waals surface area contributed by atoms with Crippen LogP contribution in [0.1, 0.15) is 17.0 Å². The minimum absolute atomic E-state index is 0.0808. The molecule has 2 aromatic rings. The van der Waals surface area contributed by atoms with Crippen molar-refractivity contribution in [3.05, 3.63) is 65.7 Å². The molecule has 0 bridgehead atoms. The van der Waals surface area contributed by atoms with Crippen LogP contribution in [0.4, 0.5) is 0 Å². The number of benzene rings is 2. The van der Waals surface area contributed by atoms with Crippen molar-refractivity contribution < 1.29 is 14.3 Å². The monoisotopic (exact) mass is 325 g/mol. The molecule has 1 aliphatic rings. The van der Waals surface area contributed by atoms with Crippen molar-refractivity contribution >= 4 is 5.97 Å². The molecule has 3 rings (SSSR count). The molecule has 24 heavy (non-hydrogen) atoms. The van der Waals surface area contributed by atoms with Crippen molar-refractivity contribution in [1.82, 2.24) is 4.90 Å². The van der Waals surface area contributed by atoms with E-state index in [1.54, 1.807) is 7.11 Å². The number of para-hydroxylation sites is 1. The molecule has 0 N–H and O–H groups in total. The number of methoxy groups -OCH3 is 2. The van der Waals surface area contributed by atoms with Gasteiger partial charge >= 0.3 is 5.97 Å². The first-order valence-corrected chi connectivity index (χ1v) is 8.20. The van der Waals surface area contributed by atoms with Gasteiger partial charge in [-0.1, -0.05) is 48.5 Å². The maximum absolute atomic E-state index is 12.3. The van der Waals surface area contributed by atoms with Gasteiger partial charge in [0, 0.05) is 25.6 Å². The van der Waals surface area contributed by atoms with Crippen LogP contribution in [0, 0.1) is 5.92 Å². The van der Waals surface area contributed by atoms with Gasteiger partial charge in [0.1, 0.15) is 5.75 Å². The Morgan fingerprint density at radius 1 is 1.04 bits per heavy atom. The molecule has 0 spiro atoms. The smallest absolute Gasteiger partial charge is 0.310 e. The largest absolute Gasteiger partial charge is 0.496 e. The Kier molecular flexibility index (Phi) is 5.16. The number of carbonyl (C=O) groups is 1. The Labute approximate surface area is 143 Å². The predicted molar refractivity (Wildman–Crippen MR) is 93.0 cm³/mol. The van der Waals surface area contributed by atoms with Crippen LogP contribution in [0.15, 0.2) is 54.6 Å². The van der Waals surface area contributed by atoms with E-state index in [9.17, 15) is 4.79 Å². The Bertz CT molecular complexity index is 686. The number of carbonyl (C=O) groups excluding carboxylic acids is 1. The lowest BCUT2D eigenvalue weighted by atomic mass is 9.88. The van der Waals surface area contributed by atoms with Crippen LogP contribution in [0.5, 0.6) is 5.75 Å². The highest BCUT2D eigenvalue weighted by molar-refractivity contribution is 5.74. The average molecular weight is 325 g/mol. The second-order valence-corrected chi connectivity index (χ2v) is 6.16. The third-order valence-electron chi connectivity index (χ3n) is 4.69. The van der Waals surface area contributed by atoms with Gasteiger partial charge in [0.05, 0.1) is 20.1 Å². The molecule has 4 nitrogen and oxygen atoms in total. The molecule has 0 unspecified atom stereocenters. The number of ether oxygens (including phenoxy) is 2. The average Bonchev–Trinajstić information content (AvgIpc) is 3.05. The molecule has 4 heteroatoms.